The number of nitrogens with zero attached hydrogens (tertiary/aromatic N) is 2. The third-order valence-electron chi connectivity index (χ3n) is 2.58. The van der Waals surface area contributed by atoms with Gasteiger partial charge in [-0.15, -0.1) is 0 Å². The molecule has 2 N–H and O–H groups in total. The average Bonchev–Trinajstić information content (AvgIpc) is 2.92. The molecule has 0 bridgehead atoms. The number of aryl methyl sites for hydroxylation is 1. The van der Waals surface area contributed by atoms with Crippen LogP contribution in [0.3, 0.4) is 0 Å². The van der Waals surface area contributed by atoms with E-state index in [-0.39, 0.29) is 22.8 Å². The van der Waals surface area contributed by atoms with Crippen molar-refractivity contribution in [1.82, 2.24) is 14.9 Å². The predicted molar refractivity (Wildman–Crippen MR) is 74.2 cm³/mol. The van der Waals surface area contributed by atoms with E-state index in [2.05, 4.69) is 35.3 Å². The molecule has 1 aromatic heterocycles. The summed E-state index contributed by atoms with van der Waals surface area (Å²) in [6.07, 6.45) is 1.08. The Hall–Kier alpha value is -1.78. The second kappa shape index (κ2) is 5.92. The second-order valence-corrected chi connectivity index (χ2v) is 6.61. The van der Waals surface area contributed by atoms with E-state index >= 15 is 0 Å². The number of aromatic nitrogens is 2. The molecule has 0 saturated heterocycles. The summed E-state index contributed by atoms with van der Waals surface area (Å²) in [6.45, 7) is 1.44. The van der Waals surface area contributed by atoms with Gasteiger partial charge in [0.2, 0.25) is 16.4 Å². The van der Waals surface area contributed by atoms with Crippen molar-refractivity contribution in [1.29, 1.82) is 0 Å². The Morgan fingerprint density at radius 3 is 2.76 bits per heavy atom. The van der Waals surface area contributed by atoms with E-state index in [1.165, 1.54) is 6.07 Å². The Bertz CT molecular complexity index is 773. The summed E-state index contributed by atoms with van der Waals surface area (Å²) >= 11 is 3.16. The normalized spacial score (nSPS) is 11.5. The van der Waals surface area contributed by atoms with E-state index in [0.717, 1.165) is 12.5 Å². The lowest BCUT2D eigenvalue weighted by Gasteiger charge is -2.10. The van der Waals surface area contributed by atoms with E-state index in [1.54, 1.807) is 6.92 Å². The first-order valence-corrected chi connectivity index (χ1v) is 7.87. The molecule has 0 aliphatic carbocycles. The van der Waals surface area contributed by atoms with Crippen molar-refractivity contribution in [2.24, 2.45) is 0 Å². The Kier molecular flexibility index (Phi) is 4.40. The molecular weight excluding hydrogens is 366 g/mol. The van der Waals surface area contributed by atoms with Crippen LogP contribution in [0.2, 0.25) is 0 Å². The quantitative estimate of drug-likeness (QED) is 0.807. The molecule has 0 spiro atoms. The minimum atomic E-state index is -3.93. The summed E-state index contributed by atoms with van der Waals surface area (Å²) in [5.41, 5.74) is 0.380. The predicted octanol–water partition coefficient (Wildman–Crippen LogP) is 1.32. The monoisotopic (exact) mass is 375 g/mol. The first-order valence-electron chi connectivity index (χ1n) is 5.59. The van der Waals surface area contributed by atoms with Gasteiger partial charge in [-0.25, -0.2) is 17.9 Å². The first kappa shape index (κ1) is 15.6. The Morgan fingerprint density at radius 2 is 2.19 bits per heavy atom. The topological polar surface area (TPSA) is 122 Å². The summed E-state index contributed by atoms with van der Waals surface area (Å²) in [6, 6.07) is 2.46. The largest absolute Gasteiger partial charge is 0.478 e. The van der Waals surface area contributed by atoms with Crippen molar-refractivity contribution < 1.29 is 22.8 Å². The Morgan fingerprint density at radius 1 is 1.48 bits per heavy atom. The number of nitrogens with one attached hydrogen (secondary N) is 1. The third-order valence-corrected chi connectivity index (χ3v) is 5.33. The Balaban J connectivity index is 2.37. The van der Waals surface area contributed by atoms with Crippen LogP contribution in [0.5, 0.6) is 0 Å². The van der Waals surface area contributed by atoms with Crippen molar-refractivity contribution in [3.05, 3.63) is 40.0 Å². The summed E-state index contributed by atoms with van der Waals surface area (Å²) in [5, 5.41) is 12.5. The first-order chi connectivity index (χ1) is 9.81. The highest BCUT2D eigenvalue weighted by Crippen LogP contribution is 2.27. The highest BCUT2D eigenvalue weighted by atomic mass is 79.9. The second-order valence-electron chi connectivity index (χ2n) is 4.08. The van der Waals surface area contributed by atoms with Gasteiger partial charge in [-0.1, -0.05) is 5.16 Å². The van der Waals surface area contributed by atoms with Gasteiger partial charge in [-0.2, -0.15) is 4.98 Å². The summed E-state index contributed by atoms with van der Waals surface area (Å²) in [5.74, 6) is -1.04. The van der Waals surface area contributed by atoms with E-state index in [0.29, 0.717) is 10.0 Å². The molecule has 21 heavy (non-hydrogen) atoms. The zero-order chi connectivity index (χ0) is 15.6. The average molecular weight is 376 g/mol. The van der Waals surface area contributed by atoms with Crippen LogP contribution in [-0.4, -0.2) is 29.6 Å². The van der Waals surface area contributed by atoms with Crippen LogP contribution in [-0.2, 0) is 16.6 Å². The summed E-state index contributed by atoms with van der Waals surface area (Å²) in [7, 11) is -3.93. The minimum Gasteiger partial charge on any atom is -0.478 e. The maximum atomic E-state index is 12.3. The molecule has 0 saturated carbocycles. The highest BCUT2D eigenvalue weighted by Gasteiger charge is 2.22. The van der Waals surface area contributed by atoms with Gasteiger partial charge in [-0.05, 0) is 40.5 Å². The van der Waals surface area contributed by atoms with Crippen molar-refractivity contribution in [3.8, 4) is 0 Å². The van der Waals surface area contributed by atoms with Crippen LogP contribution in [0.25, 0.3) is 0 Å². The molecule has 0 amide bonds. The van der Waals surface area contributed by atoms with E-state index < -0.39 is 16.0 Å². The lowest BCUT2D eigenvalue weighted by Crippen LogP contribution is -2.24. The van der Waals surface area contributed by atoms with Gasteiger partial charge in [0.05, 0.1) is 17.0 Å². The van der Waals surface area contributed by atoms with Gasteiger partial charge in [0, 0.05) is 4.47 Å². The molecule has 10 heteroatoms. The number of halogens is 1. The van der Waals surface area contributed by atoms with Gasteiger partial charge in [0.25, 0.3) is 0 Å². The molecule has 0 radical (unpaired) electrons. The fraction of sp³-hybridized carbons (Fsp3) is 0.182. The number of benzene rings is 1. The number of hydrogen-bond acceptors (Lipinski definition) is 6. The molecule has 0 fully saturated rings. The fourth-order valence-electron chi connectivity index (χ4n) is 1.56. The molecular formula is C11H10BrN3O5S. The highest BCUT2D eigenvalue weighted by molar-refractivity contribution is 9.10. The molecule has 112 valence electrons. The number of carboxylic acid groups (broad SMARTS) is 1. The van der Waals surface area contributed by atoms with Crippen LogP contribution < -0.4 is 4.72 Å². The summed E-state index contributed by atoms with van der Waals surface area (Å²) in [4.78, 5) is 14.5. The number of hydrogen-bond donors (Lipinski definition) is 2. The zero-order valence-corrected chi connectivity index (χ0v) is 13.1. The van der Waals surface area contributed by atoms with Gasteiger partial charge in [-0.3, -0.25) is 0 Å². The van der Waals surface area contributed by atoms with Crippen LogP contribution >= 0.6 is 15.9 Å². The van der Waals surface area contributed by atoms with Gasteiger partial charge < -0.3 is 9.63 Å². The SMILES string of the molecule is Cc1cc(C(=O)O)cc(S(=O)(=O)NCc2ncon2)c1Br. The van der Waals surface area contributed by atoms with Crippen LogP contribution in [0, 0.1) is 6.92 Å². The minimum absolute atomic E-state index is 0.115. The molecule has 8 nitrogen and oxygen atoms in total. The number of sulfonamides is 1. The molecule has 1 aromatic carbocycles. The van der Waals surface area contributed by atoms with Crippen molar-refractivity contribution >= 4 is 31.9 Å². The van der Waals surface area contributed by atoms with E-state index in [4.69, 9.17) is 5.11 Å². The maximum Gasteiger partial charge on any atom is 0.335 e. The molecule has 0 atom stereocenters. The molecule has 2 aromatic rings. The third kappa shape index (κ3) is 3.46. The van der Waals surface area contributed by atoms with Crippen LogP contribution in [0.4, 0.5) is 0 Å². The number of aromatic carboxylic acids is 1. The molecule has 0 aliphatic heterocycles. The van der Waals surface area contributed by atoms with Crippen molar-refractivity contribution in [2.45, 2.75) is 18.4 Å². The van der Waals surface area contributed by atoms with Gasteiger partial charge >= 0.3 is 5.97 Å². The van der Waals surface area contributed by atoms with Crippen LogP contribution in [0.15, 0.2) is 32.4 Å². The number of rotatable bonds is 5. The number of carboxylic acids is 1. The molecule has 0 aliphatic rings. The Labute approximate surface area is 128 Å². The van der Waals surface area contributed by atoms with Gasteiger partial charge in [0.1, 0.15) is 0 Å². The lowest BCUT2D eigenvalue weighted by molar-refractivity contribution is 0.0696. The molecule has 0 unspecified atom stereocenters. The van der Waals surface area contributed by atoms with Crippen LogP contribution in [0.1, 0.15) is 21.7 Å². The maximum absolute atomic E-state index is 12.3. The summed E-state index contributed by atoms with van der Waals surface area (Å²) < 4.78 is 31.6. The standard InChI is InChI=1S/C11H10BrN3O5S/c1-6-2-7(11(16)17)3-8(10(6)12)21(18,19)14-4-9-13-5-20-15-9/h2-3,5,14H,4H2,1H3,(H,16,17). The lowest BCUT2D eigenvalue weighted by atomic mass is 10.1. The van der Waals surface area contributed by atoms with E-state index in [9.17, 15) is 13.2 Å². The van der Waals surface area contributed by atoms with Crippen molar-refractivity contribution in [3.63, 3.8) is 0 Å². The number of carbonyl (C=O) groups is 1. The van der Waals surface area contributed by atoms with E-state index in [1.807, 2.05) is 0 Å². The zero-order valence-electron chi connectivity index (χ0n) is 10.7. The van der Waals surface area contributed by atoms with Crippen molar-refractivity contribution in [2.75, 3.05) is 0 Å². The smallest absolute Gasteiger partial charge is 0.335 e. The fourth-order valence-corrected chi connectivity index (χ4v) is 3.59. The van der Waals surface area contributed by atoms with Gasteiger partial charge in [0.15, 0.2) is 5.82 Å². The molecule has 2 rings (SSSR count). The molecule has 1 heterocycles.